The van der Waals surface area contributed by atoms with E-state index in [-0.39, 0.29) is 12.4 Å². The Balaban J connectivity index is 2.72. The highest BCUT2D eigenvalue weighted by Crippen LogP contribution is 2.18. The second kappa shape index (κ2) is 5.82. The molecule has 0 bridgehead atoms. The Morgan fingerprint density at radius 1 is 1.44 bits per heavy atom. The SMILES string of the molecule is CCOCC(C)(CO)Nc1ccccc1F. The lowest BCUT2D eigenvalue weighted by atomic mass is 10.0. The zero-order valence-corrected chi connectivity index (χ0v) is 9.66. The van der Waals surface area contributed by atoms with E-state index in [1.165, 1.54) is 6.07 Å². The highest BCUT2D eigenvalue weighted by molar-refractivity contribution is 5.46. The average Bonchev–Trinajstić information content (AvgIpc) is 2.30. The molecular formula is C12H18FNO2. The molecule has 0 aromatic heterocycles. The van der Waals surface area contributed by atoms with Crippen LogP contribution in [0.4, 0.5) is 10.1 Å². The first kappa shape index (κ1) is 12.9. The van der Waals surface area contributed by atoms with Crippen LogP contribution in [0.25, 0.3) is 0 Å². The lowest BCUT2D eigenvalue weighted by Crippen LogP contribution is -2.43. The molecule has 0 saturated carbocycles. The number of para-hydroxylation sites is 1. The van der Waals surface area contributed by atoms with Crippen molar-refractivity contribution in [2.45, 2.75) is 19.4 Å². The number of nitrogens with one attached hydrogen (secondary N) is 1. The van der Waals surface area contributed by atoms with Crippen molar-refractivity contribution in [2.75, 3.05) is 25.1 Å². The van der Waals surface area contributed by atoms with Gasteiger partial charge >= 0.3 is 0 Å². The maximum atomic E-state index is 13.4. The lowest BCUT2D eigenvalue weighted by molar-refractivity contribution is 0.0795. The standard InChI is InChI=1S/C12H18FNO2/c1-3-16-9-12(2,8-15)14-11-7-5-4-6-10(11)13/h4-7,14-15H,3,8-9H2,1-2H3. The summed E-state index contributed by atoms with van der Waals surface area (Å²) in [5.74, 6) is -0.335. The summed E-state index contributed by atoms with van der Waals surface area (Å²) in [6.07, 6.45) is 0. The van der Waals surface area contributed by atoms with Crippen molar-refractivity contribution in [3.05, 3.63) is 30.1 Å². The second-order valence-electron chi connectivity index (χ2n) is 3.96. The van der Waals surface area contributed by atoms with E-state index in [1.807, 2.05) is 6.92 Å². The van der Waals surface area contributed by atoms with Crippen LogP contribution in [-0.2, 0) is 4.74 Å². The lowest BCUT2D eigenvalue weighted by Gasteiger charge is -2.29. The first-order chi connectivity index (χ1) is 7.61. The van der Waals surface area contributed by atoms with Crippen LogP contribution in [0, 0.1) is 5.82 Å². The quantitative estimate of drug-likeness (QED) is 0.781. The Morgan fingerprint density at radius 2 is 2.12 bits per heavy atom. The van der Waals surface area contributed by atoms with Gasteiger partial charge in [0.25, 0.3) is 0 Å². The molecule has 16 heavy (non-hydrogen) atoms. The third-order valence-corrected chi connectivity index (χ3v) is 2.28. The summed E-state index contributed by atoms with van der Waals surface area (Å²) in [6, 6.07) is 6.37. The molecule has 0 aliphatic carbocycles. The highest BCUT2D eigenvalue weighted by Gasteiger charge is 2.24. The summed E-state index contributed by atoms with van der Waals surface area (Å²) in [6.45, 7) is 4.43. The van der Waals surface area contributed by atoms with Crippen LogP contribution in [0.15, 0.2) is 24.3 Å². The third kappa shape index (κ3) is 3.47. The van der Waals surface area contributed by atoms with E-state index in [1.54, 1.807) is 25.1 Å². The van der Waals surface area contributed by atoms with Crippen molar-refractivity contribution in [2.24, 2.45) is 0 Å². The van der Waals surface area contributed by atoms with Gasteiger partial charge in [0.05, 0.1) is 24.4 Å². The van der Waals surface area contributed by atoms with Crippen molar-refractivity contribution in [1.82, 2.24) is 0 Å². The molecule has 1 aromatic carbocycles. The van der Waals surface area contributed by atoms with Gasteiger partial charge in [-0.15, -0.1) is 0 Å². The van der Waals surface area contributed by atoms with E-state index in [9.17, 15) is 9.50 Å². The van der Waals surface area contributed by atoms with Gasteiger partial charge in [0.15, 0.2) is 0 Å². The van der Waals surface area contributed by atoms with E-state index >= 15 is 0 Å². The van der Waals surface area contributed by atoms with E-state index in [0.717, 1.165) is 0 Å². The number of hydrogen-bond acceptors (Lipinski definition) is 3. The smallest absolute Gasteiger partial charge is 0.146 e. The van der Waals surface area contributed by atoms with Gasteiger partial charge in [-0.05, 0) is 26.0 Å². The summed E-state index contributed by atoms with van der Waals surface area (Å²) in [5.41, 5.74) is -0.295. The third-order valence-electron chi connectivity index (χ3n) is 2.28. The molecule has 1 rings (SSSR count). The molecule has 0 amide bonds. The minimum absolute atomic E-state index is 0.124. The van der Waals surface area contributed by atoms with Crippen molar-refractivity contribution in [3.8, 4) is 0 Å². The minimum atomic E-state index is -0.668. The van der Waals surface area contributed by atoms with Crippen molar-refractivity contribution >= 4 is 5.69 Å². The number of aliphatic hydroxyl groups excluding tert-OH is 1. The summed E-state index contributed by atoms with van der Waals surface area (Å²) >= 11 is 0. The van der Waals surface area contributed by atoms with E-state index in [0.29, 0.717) is 18.9 Å². The Labute approximate surface area is 95.2 Å². The van der Waals surface area contributed by atoms with E-state index in [2.05, 4.69) is 5.32 Å². The molecule has 0 spiro atoms. The van der Waals surface area contributed by atoms with Gasteiger partial charge < -0.3 is 15.2 Å². The maximum absolute atomic E-state index is 13.4. The fourth-order valence-electron chi connectivity index (χ4n) is 1.34. The summed E-state index contributed by atoms with van der Waals surface area (Å²) in [5, 5.41) is 12.3. The number of halogens is 1. The van der Waals surface area contributed by atoms with Crippen LogP contribution in [0.2, 0.25) is 0 Å². The van der Waals surface area contributed by atoms with Gasteiger partial charge in [0.1, 0.15) is 5.82 Å². The fourth-order valence-corrected chi connectivity index (χ4v) is 1.34. The van der Waals surface area contributed by atoms with Gasteiger partial charge in [0, 0.05) is 6.61 Å². The first-order valence-corrected chi connectivity index (χ1v) is 5.32. The fraction of sp³-hybridized carbons (Fsp3) is 0.500. The Hall–Kier alpha value is -1.13. The molecule has 0 aliphatic heterocycles. The number of ether oxygens (including phenoxy) is 1. The Kier molecular flexibility index (Phi) is 4.71. The predicted octanol–water partition coefficient (Wildman–Crippen LogP) is 2.03. The molecule has 1 aromatic rings. The van der Waals surface area contributed by atoms with E-state index < -0.39 is 5.54 Å². The van der Waals surface area contributed by atoms with Crippen molar-refractivity contribution in [3.63, 3.8) is 0 Å². The number of benzene rings is 1. The molecule has 2 N–H and O–H groups in total. The van der Waals surface area contributed by atoms with Crippen LogP contribution in [-0.4, -0.2) is 30.5 Å². The zero-order valence-electron chi connectivity index (χ0n) is 9.66. The normalized spacial score (nSPS) is 14.5. The predicted molar refractivity (Wildman–Crippen MR) is 62.0 cm³/mol. The highest BCUT2D eigenvalue weighted by atomic mass is 19.1. The van der Waals surface area contributed by atoms with Crippen LogP contribution >= 0.6 is 0 Å². The van der Waals surface area contributed by atoms with Crippen LogP contribution in [0.1, 0.15) is 13.8 Å². The number of rotatable bonds is 6. The Morgan fingerprint density at radius 3 is 2.69 bits per heavy atom. The largest absolute Gasteiger partial charge is 0.394 e. The van der Waals surface area contributed by atoms with Gasteiger partial charge in [-0.1, -0.05) is 12.1 Å². The number of anilines is 1. The Bertz CT molecular complexity index is 333. The molecule has 0 radical (unpaired) electrons. The molecule has 1 atom stereocenters. The monoisotopic (exact) mass is 227 g/mol. The molecule has 0 heterocycles. The summed E-state index contributed by atoms with van der Waals surface area (Å²) in [4.78, 5) is 0. The zero-order chi connectivity index (χ0) is 12.0. The van der Waals surface area contributed by atoms with Gasteiger partial charge in [-0.25, -0.2) is 4.39 Å². The van der Waals surface area contributed by atoms with Gasteiger partial charge in [-0.2, -0.15) is 0 Å². The summed E-state index contributed by atoms with van der Waals surface area (Å²) < 4.78 is 18.7. The second-order valence-corrected chi connectivity index (χ2v) is 3.96. The summed E-state index contributed by atoms with van der Waals surface area (Å²) in [7, 11) is 0. The molecule has 1 unspecified atom stereocenters. The number of hydrogen-bond donors (Lipinski definition) is 2. The first-order valence-electron chi connectivity index (χ1n) is 5.32. The van der Waals surface area contributed by atoms with Crippen LogP contribution < -0.4 is 5.32 Å². The van der Waals surface area contributed by atoms with Gasteiger partial charge in [-0.3, -0.25) is 0 Å². The molecule has 0 aliphatic rings. The number of aliphatic hydroxyl groups is 1. The molecule has 0 fully saturated rings. The molecule has 3 nitrogen and oxygen atoms in total. The van der Waals surface area contributed by atoms with Crippen molar-refractivity contribution in [1.29, 1.82) is 0 Å². The average molecular weight is 227 g/mol. The van der Waals surface area contributed by atoms with E-state index in [4.69, 9.17) is 4.74 Å². The molecule has 0 saturated heterocycles. The van der Waals surface area contributed by atoms with Crippen molar-refractivity contribution < 1.29 is 14.2 Å². The molecular weight excluding hydrogens is 209 g/mol. The van der Waals surface area contributed by atoms with Gasteiger partial charge in [0.2, 0.25) is 0 Å². The molecule has 90 valence electrons. The maximum Gasteiger partial charge on any atom is 0.146 e. The van der Waals surface area contributed by atoms with Crippen LogP contribution in [0.5, 0.6) is 0 Å². The minimum Gasteiger partial charge on any atom is -0.394 e. The topological polar surface area (TPSA) is 41.5 Å². The molecule has 4 heteroatoms. The van der Waals surface area contributed by atoms with Crippen LogP contribution in [0.3, 0.4) is 0 Å².